The quantitative estimate of drug-likeness (QED) is 0.616. The summed E-state index contributed by atoms with van der Waals surface area (Å²) in [5.74, 6) is -0.412. The normalized spacial score (nSPS) is 10.5. The lowest BCUT2D eigenvalue weighted by atomic mass is 10.2. The van der Waals surface area contributed by atoms with Crippen molar-refractivity contribution in [2.45, 2.75) is 0 Å². The Bertz CT molecular complexity index is 619. The zero-order valence-corrected chi connectivity index (χ0v) is 10.0. The third-order valence-corrected chi connectivity index (χ3v) is 2.55. The summed E-state index contributed by atoms with van der Waals surface area (Å²) in [7, 11) is 1.79. The number of likely N-dealkylation sites (N-methyl/N-ethyl adjacent to an activating group) is 1. The van der Waals surface area contributed by atoms with Gasteiger partial charge in [-0.1, -0.05) is 18.2 Å². The molecule has 0 atom stereocenters. The Morgan fingerprint density at radius 3 is 2.83 bits per heavy atom. The Morgan fingerprint density at radius 1 is 1.28 bits per heavy atom. The van der Waals surface area contributed by atoms with Crippen LogP contribution in [-0.2, 0) is 0 Å². The molecule has 0 unspecified atom stereocenters. The lowest BCUT2D eigenvalue weighted by Gasteiger charge is -2.04. The molecule has 18 heavy (non-hydrogen) atoms. The van der Waals surface area contributed by atoms with Crippen molar-refractivity contribution in [3.05, 3.63) is 46.3 Å². The van der Waals surface area contributed by atoms with E-state index < -0.39 is 11.5 Å². The molecule has 0 saturated heterocycles. The molecule has 0 radical (unpaired) electrons. The van der Waals surface area contributed by atoms with Gasteiger partial charge in [0.2, 0.25) is 0 Å². The maximum Gasteiger partial charge on any atom is 0.349 e. The molecule has 1 amide bonds. The third kappa shape index (κ3) is 2.57. The Morgan fingerprint density at radius 2 is 2.06 bits per heavy atom. The first-order chi connectivity index (χ1) is 8.72. The van der Waals surface area contributed by atoms with Crippen molar-refractivity contribution in [1.29, 1.82) is 0 Å². The van der Waals surface area contributed by atoms with E-state index in [1.807, 2.05) is 6.07 Å². The second kappa shape index (κ2) is 5.46. The minimum absolute atomic E-state index is 0.0322. The molecule has 0 saturated carbocycles. The maximum atomic E-state index is 11.8. The molecule has 0 aliphatic rings. The van der Waals surface area contributed by atoms with Gasteiger partial charge in [0.05, 0.1) is 0 Å². The molecule has 2 N–H and O–H groups in total. The Labute approximate surface area is 104 Å². The fourth-order valence-corrected chi connectivity index (χ4v) is 1.62. The molecular weight excluding hydrogens is 232 g/mol. The molecule has 5 nitrogen and oxygen atoms in total. The molecule has 1 heterocycles. The van der Waals surface area contributed by atoms with Crippen LogP contribution in [-0.4, -0.2) is 26.0 Å². The summed E-state index contributed by atoms with van der Waals surface area (Å²) >= 11 is 0. The molecule has 5 heteroatoms. The average Bonchev–Trinajstić information content (AvgIpc) is 2.38. The summed E-state index contributed by atoms with van der Waals surface area (Å²) in [6, 6.07) is 8.64. The second-order valence-electron chi connectivity index (χ2n) is 3.84. The standard InChI is InChI=1S/C13H14N2O3/c1-14-6-7-15-12(16)10-8-9-4-2-3-5-11(9)18-13(10)17/h2-5,8,14H,6-7H2,1H3,(H,15,16). The molecule has 0 aliphatic carbocycles. The number of rotatable bonds is 4. The highest BCUT2D eigenvalue weighted by molar-refractivity contribution is 5.96. The van der Waals surface area contributed by atoms with Gasteiger partial charge >= 0.3 is 5.63 Å². The zero-order valence-electron chi connectivity index (χ0n) is 10.0. The number of nitrogens with one attached hydrogen (secondary N) is 2. The third-order valence-electron chi connectivity index (χ3n) is 2.55. The van der Waals surface area contributed by atoms with E-state index in [-0.39, 0.29) is 5.56 Å². The van der Waals surface area contributed by atoms with Gasteiger partial charge in [-0.05, 0) is 19.2 Å². The number of carbonyl (C=O) groups is 1. The van der Waals surface area contributed by atoms with Gasteiger partial charge in [-0.3, -0.25) is 4.79 Å². The first kappa shape index (κ1) is 12.3. The van der Waals surface area contributed by atoms with Crippen LogP contribution in [0, 0.1) is 0 Å². The molecule has 0 bridgehead atoms. The van der Waals surface area contributed by atoms with E-state index in [2.05, 4.69) is 10.6 Å². The lowest BCUT2D eigenvalue weighted by molar-refractivity contribution is 0.0950. The van der Waals surface area contributed by atoms with Crippen LogP contribution >= 0.6 is 0 Å². The van der Waals surface area contributed by atoms with Crippen molar-refractivity contribution in [3.63, 3.8) is 0 Å². The van der Waals surface area contributed by atoms with E-state index in [9.17, 15) is 9.59 Å². The first-order valence-electron chi connectivity index (χ1n) is 5.68. The minimum atomic E-state index is -0.615. The van der Waals surface area contributed by atoms with E-state index in [0.29, 0.717) is 18.7 Å². The highest BCUT2D eigenvalue weighted by Crippen LogP contribution is 2.12. The summed E-state index contributed by atoms with van der Waals surface area (Å²) < 4.78 is 5.09. The van der Waals surface area contributed by atoms with Gasteiger partial charge in [0.1, 0.15) is 11.1 Å². The van der Waals surface area contributed by atoms with Crippen LogP contribution in [0.25, 0.3) is 11.0 Å². The largest absolute Gasteiger partial charge is 0.422 e. The number of fused-ring (bicyclic) bond motifs is 1. The molecular formula is C13H14N2O3. The number of carbonyl (C=O) groups excluding carboxylic acids is 1. The van der Waals surface area contributed by atoms with E-state index in [1.54, 1.807) is 31.3 Å². The van der Waals surface area contributed by atoms with Crippen LogP contribution in [0.3, 0.4) is 0 Å². The number of hydrogen-bond acceptors (Lipinski definition) is 4. The monoisotopic (exact) mass is 246 g/mol. The van der Waals surface area contributed by atoms with Gasteiger partial charge < -0.3 is 15.1 Å². The highest BCUT2D eigenvalue weighted by Gasteiger charge is 2.12. The molecule has 94 valence electrons. The van der Waals surface area contributed by atoms with Crippen LogP contribution < -0.4 is 16.3 Å². The van der Waals surface area contributed by atoms with E-state index >= 15 is 0 Å². The zero-order chi connectivity index (χ0) is 13.0. The van der Waals surface area contributed by atoms with Gasteiger partial charge in [0.15, 0.2) is 0 Å². The Balaban J connectivity index is 2.30. The van der Waals surface area contributed by atoms with Crippen molar-refractivity contribution in [2.75, 3.05) is 20.1 Å². The van der Waals surface area contributed by atoms with E-state index in [4.69, 9.17) is 4.42 Å². The van der Waals surface area contributed by atoms with Crippen molar-refractivity contribution >= 4 is 16.9 Å². The Hall–Kier alpha value is -2.14. The molecule has 1 aromatic heterocycles. The molecule has 0 fully saturated rings. The average molecular weight is 246 g/mol. The van der Waals surface area contributed by atoms with Crippen molar-refractivity contribution in [3.8, 4) is 0 Å². The molecule has 2 aromatic rings. The van der Waals surface area contributed by atoms with E-state index in [0.717, 1.165) is 5.39 Å². The second-order valence-corrected chi connectivity index (χ2v) is 3.84. The van der Waals surface area contributed by atoms with Gasteiger partial charge in [0.25, 0.3) is 5.91 Å². The van der Waals surface area contributed by atoms with Crippen LogP contribution in [0.2, 0.25) is 0 Å². The first-order valence-corrected chi connectivity index (χ1v) is 5.68. The van der Waals surface area contributed by atoms with Crippen LogP contribution in [0.15, 0.2) is 39.5 Å². The number of para-hydroxylation sites is 1. The summed E-state index contributed by atoms with van der Waals surface area (Å²) in [5.41, 5.74) is -0.102. The van der Waals surface area contributed by atoms with Gasteiger partial charge in [-0.15, -0.1) is 0 Å². The highest BCUT2D eigenvalue weighted by atomic mass is 16.4. The van der Waals surface area contributed by atoms with Crippen LogP contribution in [0.5, 0.6) is 0 Å². The number of amides is 1. The summed E-state index contributed by atoms with van der Waals surface area (Å²) in [6.07, 6.45) is 0. The maximum absolute atomic E-state index is 11.8. The van der Waals surface area contributed by atoms with Crippen LogP contribution in [0.4, 0.5) is 0 Å². The summed E-state index contributed by atoms with van der Waals surface area (Å²) in [5, 5.41) is 6.28. The number of benzene rings is 1. The summed E-state index contributed by atoms with van der Waals surface area (Å²) in [6.45, 7) is 1.10. The van der Waals surface area contributed by atoms with E-state index in [1.165, 1.54) is 0 Å². The minimum Gasteiger partial charge on any atom is -0.422 e. The molecule has 2 rings (SSSR count). The molecule has 0 spiro atoms. The van der Waals surface area contributed by atoms with Gasteiger partial charge in [-0.25, -0.2) is 4.79 Å². The van der Waals surface area contributed by atoms with Crippen LogP contribution in [0.1, 0.15) is 10.4 Å². The number of hydrogen-bond donors (Lipinski definition) is 2. The predicted molar refractivity (Wildman–Crippen MR) is 68.7 cm³/mol. The van der Waals surface area contributed by atoms with Crippen molar-refractivity contribution < 1.29 is 9.21 Å². The fraction of sp³-hybridized carbons (Fsp3) is 0.231. The summed E-state index contributed by atoms with van der Waals surface area (Å²) in [4.78, 5) is 23.4. The lowest BCUT2D eigenvalue weighted by Crippen LogP contribution is -2.33. The van der Waals surface area contributed by atoms with Crippen molar-refractivity contribution in [2.24, 2.45) is 0 Å². The smallest absolute Gasteiger partial charge is 0.349 e. The van der Waals surface area contributed by atoms with Crippen molar-refractivity contribution in [1.82, 2.24) is 10.6 Å². The van der Waals surface area contributed by atoms with Gasteiger partial charge in [-0.2, -0.15) is 0 Å². The predicted octanol–water partition coefficient (Wildman–Crippen LogP) is 0.742. The fourth-order valence-electron chi connectivity index (χ4n) is 1.62. The Kier molecular flexibility index (Phi) is 3.74. The SMILES string of the molecule is CNCCNC(=O)c1cc2ccccc2oc1=O. The molecule has 1 aromatic carbocycles. The molecule has 0 aliphatic heterocycles. The topological polar surface area (TPSA) is 71.3 Å². The van der Waals surface area contributed by atoms with Gasteiger partial charge in [0, 0.05) is 18.5 Å².